The summed E-state index contributed by atoms with van der Waals surface area (Å²) in [4.78, 5) is 60.8. The molecule has 0 aromatic heterocycles. The number of urea groups is 1. The molecule has 236 valence electrons. The molecule has 10 nitrogen and oxygen atoms in total. The number of hydrogen-bond acceptors (Lipinski definition) is 6. The number of carbonyl (C=O) groups excluding carboxylic acids is 4. The Labute approximate surface area is 260 Å². The zero-order valence-electron chi connectivity index (χ0n) is 26.1. The molecule has 2 aromatic carbocycles. The first kappa shape index (κ1) is 31.7. The van der Waals surface area contributed by atoms with Crippen LogP contribution < -0.4 is 5.32 Å². The lowest BCUT2D eigenvalue weighted by molar-refractivity contribution is -0.216. The van der Waals surface area contributed by atoms with Crippen molar-refractivity contribution >= 4 is 23.8 Å². The first-order valence-corrected chi connectivity index (χ1v) is 15.8. The molecule has 2 aliphatic heterocycles. The summed E-state index contributed by atoms with van der Waals surface area (Å²) in [6.45, 7) is 1.56. The highest BCUT2D eigenvalue weighted by Gasteiger charge is 2.64. The lowest BCUT2D eigenvalue weighted by Gasteiger charge is -2.55. The number of ether oxygens (including phenoxy) is 1. The lowest BCUT2D eigenvalue weighted by atomic mass is 9.66. The monoisotopic (exact) mass is 603 g/mol. The Kier molecular flexibility index (Phi) is 10.0. The largest absolute Gasteiger partial charge is 0.347 e. The van der Waals surface area contributed by atoms with Crippen LogP contribution in [-0.4, -0.2) is 103 Å². The van der Waals surface area contributed by atoms with Crippen molar-refractivity contribution in [3.05, 3.63) is 71.8 Å². The number of nitrogens with one attached hydrogen (secondary N) is 1. The summed E-state index contributed by atoms with van der Waals surface area (Å²) < 4.78 is 6.12. The molecule has 2 atom stereocenters. The maximum Gasteiger partial charge on any atom is 0.327 e. The third-order valence-corrected chi connectivity index (χ3v) is 9.33. The minimum atomic E-state index is -0.812. The summed E-state index contributed by atoms with van der Waals surface area (Å²) in [6, 6.07) is 18.7. The molecule has 0 radical (unpaired) electrons. The normalized spacial score (nSPS) is 21.1. The Bertz CT molecular complexity index is 1270. The standard InChI is InChI=1S/C34H45N5O5/c1-36(2)22-23-37(3)28(40)24-44-32-34(19-11-6-12-20-34)31(42)39(32)33(43)35-27-18-13-21-38(27)30(41)29(25-14-7-4-8-15-25)26-16-9-5-10-17-26/h4-5,7-10,14-17,27,29,32H,6,11-13,18-24H2,1-3H3,(H,35,43)/t27-,32?/m0/s1. The molecule has 0 bridgehead atoms. The highest BCUT2D eigenvalue weighted by molar-refractivity contribution is 6.03. The van der Waals surface area contributed by atoms with Gasteiger partial charge in [-0.3, -0.25) is 14.4 Å². The van der Waals surface area contributed by atoms with Crippen molar-refractivity contribution in [2.24, 2.45) is 5.41 Å². The second kappa shape index (κ2) is 13.9. The molecule has 3 aliphatic rings. The predicted molar refractivity (Wildman–Crippen MR) is 166 cm³/mol. The number of nitrogens with zero attached hydrogens (tertiary/aromatic N) is 4. The third kappa shape index (κ3) is 6.51. The van der Waals surface area contributed by atoms with Gasteiger partial charge in [-0.1, -0.05) is 79.9 Å². The van der Waals surface area contributed by atoms with E-state index in [9.17, 15) is 19.2 Å². The smallest absolute Gasteiger partial charge is 0.327 e. The van der Waals surface area contributed by atoms with E-state index in [-0.39, 0.29) is 24.3 Å². The van der Waals surface area contributed by atoms with Gasteiger partial charge >= 0.3 is 6.03 Å². The highest BCUT2D eigenvalue weighted by Crippen LogP contribution is 2.50. The van der Waals surface area contributed by atoms with Gasteiger partial charge in [0.25, 0.3) is 0 Å². The number of likely N-dealkylation sites (tertiary alicyclic amines) is 2. The molecule has 1 saturated carbocycles. The van der Waals surface area contributed by atoms with Gasteiger partial charge in [0.05, 0.1) is 11.3 Å². The molecule has 3 fully saturated rings. The Morgan fingerprint density at radius 2 is 1.52 bits per heavy atom. The van der Waals surface area contributed by atoms with E-state index in [1.54, 1.807) is 16.8 Å². The molecule has 2 saturated heterocycles. The Hall–Kier alpha value is -3.76. The topological polar surface area (TPSA) is 102 Å². The van der Waals surface area contributed by atoms with Crippen LogP contribution in [0.4, 0.5) is 4.79 Å². The minimum Gasteiger partial charge on any atom is -0.347 e. The number of amides is 5. The zero-order valence-corrected chi connectivity index (χ0v) is 26.1. The number of likely N-dealkylation sites (N-methyl/N-ethyl adjacent to an activating group) is 2. The van der Waals surface area contributed by atoms with Crippen LogP contribution in [0.5, 0.6) is 0 Å². The number of imide groups is 1. The van der Waals surface area contributed by atoms with Gasteiger partial charge in [-0.2, -0.15) is 0 Å². The summed E-state index contributed by atoms with van der Waals surface area (Å²) in [7, 11) is 5.62. The van der Waals surface area contributed by atoms with E-state index in [0.717, 1.165) is 41.7 Å². The van der Waals surface area contributed by atoms with E-state index >= 15 is 0 Å². The summed E-state index contributed by atoms with van der Waals surface area (Å²) in [6.07, 6.45) is 4.01. The quantitative estimate of drug-likeness (QED) is 0.416. The number of rotatable bonds is 10. The molecular weight excluding hydrogens is 558 g/mol. The number of hydrogen-bond donors (Lipinski definition) is 1. The van der Waals surface area contributed by atoms with Gasteiger partial charge < -0.3 is 24.8 Å². The first-order chi connectivity index (χ1) is 21.2. The fraction of sp³-hybridized carbons (Fsp3) is 0.529. The molecule has 1 unspecified atom stereocenters. The van der Waals surface area contributed by atoms with Gasteiger partial charge in [-0.15, -0.1) is 0 Å². The lowest BCUT2D eigenvalue weighted by Crippen LogP contribution is -2.74. The zero-order chi connectivity index (χ0) is 31.3. The molecule has 5 rings (SSSR count). The van der Waals surface area contributed by atoms with Crippen molar-refractivity contribution in [1.82, 2.24) is 24.9 Å². The fourth-order valence-electron chi connectivity index (χ4n) is 6.77. The Balaban J connectivity index is 1.30. The van der Waals surface area contributed by atoms with Crippen LogP contribution in [0.1, 0.15) is 62.0 Å². The summed E-state index contributed by atoms with van der Waals surface area (Å²) in [5.41, 5.74) is 0.979. The summed E-state index contributed by atoms with van der Waals surface area (Å²) in [5.74, 6) is -1.06. The average molecular weight is 604 g/mol. The molecule has 1 N–H and O–H groups in total. The number of benzene rings is 2. The molecule has 1 aliphatic carbocycles. The second-order valence-corrected chi connectivity index (χ2v) is 12.6. The Morgan fingerprint density at radius 3 is 2.11 bits per heavy atom. The van der Waals surface area contributed by atoms with E-state index in [2.05, 4.69) is 5.32 Å². The summed E-state index contributed by atoms with van der Waals surface area (Å²) in [5, 5.41) is 2.99. The minimum absolute atomic E-state index is 0.0944. The van der Waals surface area contributed by atoms with Crippen molar-refractivity contribution in [3.63, 3.8) is 0 Å². The van der Waals surface area contributed by atoms with Gasteiger partial charge in [-0.25, -0.2) is 9.69 Å². The fourth-order valence-corrected chi connectivity index (χ4v) is 6.77. The molecule has 44 heavy (non-hydrogen) atoms. The van der Waals surface area contributed by atoms with E-state index in [4.69, 9.17) is 4.74 Å². The van der Waals surface area contributed by atoms with Crippen molar-refractivity contribution in [1.29, 1.82) is 0 Å². The van der Waals surface area contributed by atoms with E-state index in [1.807, 2.05) is 79.7 Å². The van der Waals surface area contributed by atoms with Crippen LogP contribution in [0, 0.1) is 5.41 Å². The number of β-lactam (4-membered cyclic amide) rings is 1. The first-order valence-electron chi connectivity index (χ1n) is 15.8. The van der Waals surface area contributed by atoms with Gasteiger partial charge in [0, 0.05) is 26.7 Å². The average Bonchev–Trinajstić information content (AvgIpc) is 3.50. The van der Waals surface area contributed by atoms with Crippen LogP contribution in [-0.2, 0) is 19.1 Å². The summed E-state index contributed by atoms with van der Waals surface area (Å²) >= 11 is 0. The van der Waals surface area contributed by atoms with E-state index < -0.39 is 29.8 Å². The van der Waals surface area contributed by atoms with Crippen LogP contribution in [0.15, 0.2) is 60.7 Å². The van der Waals surface area contributed by atoms with Gasteiger partial charge in [0.1, 0.15) is 12.8 Å². The second-order valence-electron chi connectivity index (χ2n) is 12.6. The molecule has 2 heterocycles. The van der Waals surface area contributed by atoms with Crippen LogP contribution in [0.2, 0.25) is 0 Å². The van der Waals surface area contributed by atoms with Gasteiger partial charge in [-0.05, 0) is 50.9 Å². The van der Waals surface area contributed by atoms with Gasteiger partial charge in [0.15, 0.2) is 6.23 Å². The molecule has 2 aromatic rings. The predicted octanol–water partition coefficient (Wildman–Crippen LogP) is 3.63. The van der Waals surface area contributed by atoms with Crippen molar-refractivity contribution < 1.29 is 23.9 Å². The highest BCUT2D eigenvalue weighted by atomic mass is 16.5. The van der Waals surface area contributed by atoms with E-state index in [1.165, 1.54) is 0 Å². The maximum atomic E-state index is 14.1. The Morgan fingerprint density at radius 1 is 0.909 bits per heavy atom. The molecule has 1 spiro atoms. The number of carbonyl (C=O) groups is 4. The van der Waals surface area contributed by atoms with Crippen molar-refractivity contribution in [3.8, 4) is 0 Å². The van der Waals surface area contributed by atoms with Crippen molar-refractivity contribution in [2.75, 3.05) is 47.4 Å². The SMILES string of the molecule is CN(C)CCN(C)C(=O)COC1N(C(=O)N[C@@H]2CCCN2C(=O)C(c2ccccc2)c2ccccc2)C(=O)C12CCCCC2. The van der Waals surface area contributed by atoms with Crippen LogP contribution in [0.3, 0.4) is 0 Å². The maximum absolute atomic E-state index is 14.1. The molecule has 10 heteroatoms. The van der Waals surface area contributed by atoms with Crippen molar-refractivity contribution in [2.45, 2.75) is 63.3 Å². The van der Waals surface area contributed by atoms with E-state index in [0.29, 0.717) is 38.9 Å². The molecule has 5 amide bonds. The van der Waals surface area contributed by atoms with Crippen LogP contribution >= 0.6 is 0 Å². The van der Waals surface area contributed by atoms with Gasteiger partial charge in [0.2, 0.25) is 17.7 Å². The van der Waals surface area contributed by atoms with Crippen LogP contribution in [0.25, 0.3) is 0 Å². The molecular formula is C34H45N5O5. The third-order valence-electron chi connectivity index (χ3n) is 9.33.